The molecule has 1 aromatic carbocycles. The first kappa shape index (κ1) is 19.9. The van der Waals surface area contributed by atoms with E-state index >= 15 is 0 Å². The number of methoxy groups -OCH3 is 1. The maximum atomic E-state index is 11.6. The molecular weight excluding hydrogens is 332 g/mol. The van der Waals surface area contributed by atoms with Gasteiger partial charge in [0.15, 0.2) is 5.96 Å². The molecule has 1 aromatic rings. The van der Waals surface area contributed by atoms with Crippen LogP contribution in [-0.2, 0) is 4.79 Å². The van der Waals surface area contributed by atoms with Crippen molar-refractivity contribution in [2.24, 2.45) is 10.9 Å². The fourth-order valence-corrected chi connectivity index (χ4v) is 2.36. The number of carbonyl (C=O) groups excluding carboxylic acids is 1. The highest BCUT2D eigenvalue weighted by atomic mass is 16.5. The van der Waals surface area contributed by atoms with E-state index in [0.29, 0.717) is 25.6 Å². The zero-order chi connectivity index (χ0) is 18.8. The standard InChI is InChI=1S/C19H30N4O3/c1-4-20-19(22-11-10-21-18(24)15-8-9-15)23-13-14(2)26-17-7-5-6-16(12-17)25-3/h5-7,12,14-15H,4,8-11,13H2,1-3H3,(H,21,24)(H2,20,22,23). The Kier molecular flexibility index (Phi) is 8.05. The zero-order valence-corrected chi connectivity index (χ0v) is 15.9. The number of nitrogens with zero attached hydrogens (tertiary/aromatic N) is 1. The predicted octanol–water partition coefficient (Wildman–Crippen LogP) is 1.54. The van der Waals surface area contributed by atoms with Crippen molar-refractivity contribution in [1.29, 1.82) is 0 Å². The fourth-order valence-electron chi connectivity index (χ4n) is 2.36. The first-order valence-electron chi connectivity index (χ1n) is 9.23. The highest BCUT2D eigenvalue weighted by molar-refractivity contribution is 5.81. The van der Waals surface area contributed by atoms with Gasteiger partial charge in [0, 0.05) is 31.6 Å². The quantitative estimate of drug-likeness (QED) is 0.334. The van der Waals surface area contributed by atoms with Crippen LogP contribution in [0.2, 0.25) is 0 Å². The number of benzene rings is 1. The molecule has 26 heavy (non-hydrogen) atoms. The molecule has 0 spiro atoms. The molecule has 0 heterocycles. The Bertz CT molecular complexity index is 602. The van der Waals surface area contributed by atoms with Gasteiger partial charge in [-0.15, -0.1) is 0 Å². The van der Waals surface area contributed by atoms with Crippen LogP contribution in [0, 0.1) is 5.92 Å². The molecule has 2 rings (SSSR count). The Hall–Kier alpha value is -2.44. The second kappa shape index (κ2) is 10.5. The number of aliphatic imine (C=N–C) groups is 1. The van der Waals surface area contributed by atoms with E-state index in [9.17, 15) is 4.79 Å². The number of guanidine groups is 1. The average molecular weight is 362 g/mol. The molecule has 1 unspecified atom stereocenters. The van der Waals surface area contributed by atoms with E-state index in [0.717, 1.165) is 30.9 Å². The van der Waals surface area contributed by atoms with Crippen molar-refractivity contribution in [3.05, 3.63) is 24.3 Å². The molecule has 144 valence electrons. The van der Waals surface area contributed by atoms with Crippen LogP contribution < -0.4 is 25.4 Å². The lowest BCUT2D eigenvalue weighted by Gasteiger charge is -2.15. The van der Waals surface area contributed by atoms with Crippen LogP contribution in [0.25, 0.3) is 0 Å². The molecule has 7 nitrogen and oxygen atoms in total. The van der Waals surface area contributed by atoms with Crippen molar-refractivity contribution in [1.82, 2.24) is 16.0 Å². The van der Waals surface area contributed by atoms with E-state index in [2.05, 4.69) is 20.9 Å². The summed E-state index contributed by atoms with van der Waals surface area (Å²) in [7, 11) is 1.63. The third-order valence-corrected chi connectivity index (χ3v) is 3.89. The minimum atomic E-state index is -0.0767. The molecule has 1 atom stereocenters. The number of carbonyl (C=O) groups is 1. The Labute approximate surface area is 155 Å². The third-order valence-electron chi connectivity index (χ3n) is 3.89. The number of hydrogen-bond donors (Lipinski definition) is 3. The van der Waals surface area contributed by atoms with Crippen LogP contribution in [0.3, 0.4) is 0 Å². The van der Waals surface area contributed by atoms with Gasteiger partial charge in [-0.1, -0.05) is 6.07 Å². The second-order valence-electron chi connectivity index (χ2n) is 6.32. The molecule has 0 aromatic heterocycles. The molecule has 1 aliphatic carbocycles. The van der Waals surface area contributed by atoms with Crippen LogP contribution in [0.4, 0.5) is 0 Å². The SMILES string of the molecule is CCNC(=NCC(C)Oc1cccc(OC)c1)NCCNC(=O)C1CC1. The highest BCUT2D eigenvalue weighted by Gasteiger charge is 2.28. The second-order valence-corrected chi connectivity index (χ2v) is 6.32. The summed E-state index contributed by atoms with van der Waals surface area (Å²) in [5.41, 5.74) is 0. The lowest BCUT2D eigenvalue weighted by atomic mass is 10.3. The van der Waals surface area contributed by atoms with E-state index in [1.54, 1.807) is 7.11 Å². The molecule has 1 aliphatic rings. The summed E-state index contributed by atoms with van der Waals surface area (Å²) >= 11 is 0. The highest BCUT2D eigenvalue weighted by Crippen LogP contribution is 2.28. The summed E-state index contributed by atoms with van der Waals surface area (Å²) in [5, 5.41) is 9.35. The minimum Gasteiger partial charge on any atom is -0.497 e. The Morgan fingerprint density at radius 3 is 2.65 bits per heavy atom. The maximum Gasteiger partial charge on any atom is 0.223 e. The first-order chi connectivity index (χ1) is 12.6. The monoisotopic (exact) mass is 362 g/mol. The van der Waals surface area contributed by atoms with Gasteiger partial charge in [0.05, 0.1) is 13.7 Å². The van der Waals surface area contributed by atoms with E-state index < -0.39 is 0 Å². The lowest BCUT2D eigenvalue weighted by Crippen LogP contribution is -2.42. The van der Waals surface area contributed by atoms with Gasteiger partial charge in [0.1, 0.15) is 17.6 Å². The third kappa shape index (κ3) is 7.21. The van der Waals surface area contributed by atoms with E-state index in [-0.39, 0.29) is 17.9 Å². The summed E-state index contributed by atoms with van der Waals surface area (Å²) < 4.78 is 11.1. The molecule has 1 fully saturated rings. The minimum absolute atomic E-state index is 0.0767. The smallest absolute Gasteiger partial charge is 0.223 e. The van der Waals surface area contributed by atoms with Crippen molar-refractivity contribution in [2.75, 3.05) is 33.3 Å². The molecule has 0 radical (unpaired) electrons. The number of ether oxygens (including phenoxy) is 2. The maximum absolute atomic E-state index is 11.6. The van der Waals surface area contributed by atoms with Gasteiger partial charge in [-0.05, 0) is 38.8 Å². The topological polar surface area (TPSA) is 84.0 Å². The van der Waals surface area contributed by atoms with Crippen LogP contribution in [-0.4, -0.2) is 51.3 Å². The number of amides is 1. The summed E-state index contributed by atoms with van der Waals surface area (Å²) in [5.74, 6) is 2.64. The molecule has 0 bridgehead atoms. The number of nitrogens with one attached hydrogen (secondary N) is 3. The summed E-state index contributed by atoms with van der Waals surface area (Å²) in [6.45, 7) is 6.50. The molecule has 0 saturated heterocycles. The molecular formula is C19H30N4O3. The van der Waals surface area contributed by atoms with Crippen LogP contribution in [0.5, 0.6) is 11.5 Å². The van der Waals surface area contributed by atoms with Crippen molar-refractivity contribution >= 4 is 11.9 Å². The van der Waals surface area contributed by atoms with Crippen molar-refractivity contribution in [2.45, 2.75) is 32.8 Å². The van der Waals surface area contributed by atoms with Crippen molar-refractivity contribution in [3.8, 4) is 11.5 Å². The fraction of sp³-hybridized carbons (Fsp3) is 0.579. The Morgan fingerprint density at radius 2 is 1.96 bits per heavy atom. The summed E-state index contributed by atoms with van der Waals surface area (Å²) in [4.78, 5) is 16.1. The zero-order valence-electron chi connectivity index (χ0n) is 15.9. The van der Waals surface area contributed by atoms with Crippen LogP contribution in [0.15, 0.2) is 29.3 Å². The predicted molar refractivity (Wildman–Crippen MR) is 103 cm³/mol. The molecule has 1 amide bonds. The Morgan fingerprint density at radius 1 is 1.23 bits per heavy atom. The summed E-state index contributed by atoms with van der Waals surface area (Å²) in [6, 6.07) is 7.53. The normalized spacial score (nSPS) is 15.1. The van der Waals surface area contributed by atoms with Crippen molar-refractivity contribution < 1.29 is 14.3 Å². The first-order valence-corrected chi connectivity index (χ1v) is 9.23. The number of rotatable bonds is 10. The van der Waals surface area contributed by atoms with Gasteiger partial charge < -0.3 is 25.4 Å². The molecule has 1 saturated carbocycles. The van der Waals surface area contributed by atoms with Gasteiger partial charge in [-0.3, -0.25) is 4.79 Å². The number of hydrogen-bond acceptors (Lipinski definition) is 4. The summed E-state index contributed by atoms with van der Waals surface area (Å²) in [6.07, 6.45) is 1.97. The van der Waals surface area contributed by atoms with E-state index in [4.69, 9.17) is 9.47 Å². The van der Waals surface area contributed by atoms with Gasteiger partial charge >= 0.3 is 0 Å². The van der Waals surface area contributed by atoms with Gasteiger partial charge in [0.25, 0.3) is 0 Å². The van der Waals surface area contributed by atoms with Gasteiger partial charge in [-0.25, -0.2) is 4.99 Å². The largest absolute Gasteiger partial charge is 0.497 e. The van der Waals surface area contributed by atoms with Crippen LogP contribution >= 0.6 is 0 Å². The molecule has 3 N–H and O–H groups in total. The van der Waals surface area contributed by atoms with Gasteiger partial charge in [0.2, 0.25) is 5.91 Å². The molecule has 7 heteroatoms. The van der Waals surface area contributed by atoms with Gasteiger partial charge in [-0.2, -0.15) is 0 Å². The Balaban J connectivity index is 1.74. The lowest BCUT2D eigenvalue weighted by molar-refractivity contribution is -0.122. The van der Waals surface area contributed by atoms with E-state index in [1.165, 1.54) is 0 Å². The van der Waals surface area contributed by atoms with Crippen LogP contribution in [0.1, 0.15) is 26.7 Å². The van der Waals surface area contributed by atoms with Crippen molar-refractivity contribution in [3.63, 3.8) is 0 Å². The molecule has 0 aliphatic heterocycles. The van der Waals surface area contributed by atoms with E-state index in [1.807, 2.05) is 38.1 Å². The average Bonchev–Trinajstić information content (AvgIpc) is 3.48.